The average molecular weight is 521 g/mol. The number of rotatable bonds is 21. The van der Waals surface area contributed by atoms with Crippen molar-refractivity contribution in [2.24, 2.45) is 0 Å². The maximum Gasteiger partial charge on any atom is 0.329 e. The van der Waals surface area contributed by atoms with Crippen molar-refractivity contribution in [2.45, 2.75) is 19.4 Å². The SMILES string of the molecule is CNC(C)(C)c1ccc(-c2cccnc2)c(OCCOCCOCCOCCOCCOCC(=O)O)c1. The van der Waals surface area contributed by atoms with E-state index in [2.05, 4.69) is 42.3 Å². The highest BCUT2D eigenvalue weighted by Gasteiger charge is 2.20. The van der Waals surface area contributed by atoms with Crippen LogP contribution in [0.1, 0.15) is 19.4 Å². The lowest BCUT2D eigenvalue weighted by Gasteiger charge is -2.26. The standard InChI is InChI=1S/C27H40N2O8/c1-27(2,28-3)23-6-7-24(22-5-4-8-29-20-22)25(19-23)37-18-17-35-14-13-33-10-9-32-11-12-34-15-16-36-21-26(30)31/h4-8,19-20,28H,9-18,21H2,1-3H3,(H,30,31). The van der Waals surface area contributed by atoms with Gasteiger partial charge in [-0.2, -0.15) is 0 Å². The monoisotopic (exact) mass is 520 g/mol. The number of hydrogen-bond donors (Lipinski definition) is 2. The van der Waals surface area contributed by atoms with Gasteiger partial charge in [0.05, 0.1) is 59.5 Å². The van der Waals surface area contributed by atoms with Crippen LogP contribution in [0.25, 0.3) is 11.1 Å². The minimum atomic E-state index is -0.993. The van der Waals surface area contributed by atoms with Gasteiger partial charge in [0.2, 0.25) is 0 Å². The second-order valence-electron chi connectivity index (χ2n) is 8.57. The molecule has 0 amide bonds. The number of benzene rings is 1. The van der Waals surface area contributed by atoms with E-state index in [0.717, 1.165) is 22.4 Å². The lowest BCUT2D eigenvalue weighted by molar-refractivity contribution is -0.142. The van der Waals surface area contributed by atoms with Gasteiger partial charge in [0.25, 0.3) is 0 Å². The fourth-order valence-electron chi connectivity index (χ4n) is 3.19. The maximum atomic E-state index is 10.3. The van der Waals surface area contributed by atoms with Gasteiger partial charge in [-0.15, -0.1) is 0 Å². The fraction of sp³-hybridized carbons (Fsp3) is 0.556. The normalized spacial score (nSPS) is 11.5. The molecule has 0 atom stereocenters. The summed E-state index contributed by atoms with van der Waals surface area (Å²) < 4.78 is 32.8. The van der Waals surface area contributed by atoms with E-state index < -0.39 is 5.97 Å². The maximum absolute atomic E-state index is 10.3. The Morgan fingerprint density at radius 2 is 1.43 bits per heavy atom. The van der Waals surface area contributed by atoms with Crippen LogP contribution >= 0.6 is 0 Å². The summed E-state index contributed by atoms with van der Waals surface area (Å²) in [7, 11) is 1.94. The van der Waals surface area contributed by atoms with Gasteiger partial charge in [0.15, 0.2) is 0 Å². The Morgan fingerprint density at radius 1 is 0.865 bits per heavy atom. The molecule has 0 aliphatic rings. The number of nitrogens with zero attached hydrogens (tertiary/aromatic N) is 1. The van der Waals surface area contributed by atoms with Gasteiger partial charge in [-0.3, -0.25) is 4.98 Å². The summed E-state index contributed by atoms with van der Waals surface area (Å²) in [6.45, 7) is 8.07. The van der Waals surface area contributed by atoms with Crippen LogP contribution < -0.4 is 10.1 Å². The van der Waals surface area contributed by atoms with Crippen LogP contribution in [0.15, 0.2) is 42.7 Å². The summed E-state index contributed by atoms with van der Waals surface area (Å²) in [5.41, 5.74) is 2.93. The zero-order chi connectivity index (χ0) is 26.8. The lowest BCUT2D eigenvalue weighted by Crippen LogP contribution is -2.33. The van der Waals surface area contributed by atoms with Gasteiger partial charge in [0.1, 0.15) is 19.0 Å². The van der Waals surface area contributed by atoms with Crippen molar-refractivity contribution in [3.05, 3.63) is 48.3 Å². The molecular formula is C27H40N2O8. The molecule has 0 saturated carbocycles. The van der Waals surface area contributed by atoms with Crippen LogP contribution in [0.5, 0.6) is 5.75 Å². The summed E-state index contributed by atoms with van der Waals surface area (Å²) in [6.07, 6.45) is 3.58. The molecular weight excluding hydrogens is 480 g/mol. The highest BCUT2D eigenvalue weighted by Crippen LogP contribution is 2.33. The molecule has 2 aromatic rings. The van der Waals surface area contributed by atoms with Crippen LogP contribution in [0.3, 0.4) is 0 Å². The first-order valence-electron chi connectivity index (χ1n) is 12.4. The molecule has 0 unspecified atom stereocenters. The summed E-state index contributed by atoms with van der Waals surface area (Å²) >= 11 is 0. The third kappa shape index (κ3) is 12.5. The molecule has 10 nitrogen and oxygen atoms in total. The topological polar surface area (TPSA) is 118 Å². The summed E-state index contributed by atoms with van der Waals surface area (Å²) in [6, 6.07) is 10.2. The molecule has 0 radical (unpaired) electrons. The summed E-state index contributed by atoms with van der Waals surface area (Å²) in [5, 5.41) is 11.8. The number of hydrogen-bond acceptors (Lipinski definition) is 9. The van der Waals surface area contributed by atoms with Crippen LogP contribution in [0.4, 0.5) is 0 Å². The Morgan fingerprint density at radius 3 is 1.95 bits per heavy atom. The van der Waals surface area contributed by atoms with Crippen molar-refractivity contribution < 1.29 is 38.3 Å². The molecule has 0 bridgehead atoms. The second-order valence-corrected chi connectivity index (χ2v) is 8.57. The van der Waals surface area contributed by atoms with Gasteiger partial charge in [-0.1, -0.05) is 18.2 Å². The Balaban J connectivity index is 1.57. The van der Waals surface area contributed by atoms with Crippen molar-refractivity contribution in [3.8, 4) is 16.9 Å². The van der Waals surface area contributed by atoms with Gasteiger partial charge >= 0.3 is 5.97 Å². The highest BCUT2D eigenvalue weighted by atomic mass is 16.6. The van der Waals surface area contributed by atoms with E-state index in [0.29, 0.717) is 59.5 Å². The predicted octanol–water partition coefficient (Wildman–Crippen LogP) is 2.75. The molecule has 0 saturated heterocycles. The number of ether oxygens (including phenoxy) is 6. The Hall–Kier alpha value is -2.60. The molecule has 10 heteroatoms. The van der Waals surface area contributed by atoms with Crippen molar-refractivity contribution >= 4 is 5.97 Å². The molecule has 1 heterocycles. The smallest absolute Gasteiger partial charge is 0.329 e. The second kappa shape index (κ2) is 17.8. The minimum absolute atomic E-state index is 0.186. The Labute approximate surface area is 219 Å². The third-order valence-corrected chi connectivity index (χ3v) is 5.50. The average Bonchev–Trinajstić information content (AvgIpc) is 2.90. The van der Waals surface area contributed by atoms with Crippen LogP contribution in [-0.2, 0) is 34.0 Å². The van der Waals surface area contributed by atoms with Crippen LogP contribution in [0.2, 0.25) is 0 Å². The van der Waals surface area contributed by atoms with E-state index in [4.69, 9.17) is 33.5 Å². The predicted molar refractivity (Wildman–Crippen MR) is 139 cm³/mol. The van der Waals surface area contributed by atoms with Crippen LogP contribution in [0, 0.1) is 0 Å². The quantitative estimate of drug-likeness (QED) is 0.238. The van der Waals surface area contributed by atoms with E-state index in [9.17, 15) is 4.79 Å². The van der Waals surface area contributed by atoms with Crippen molar-refractivity contribution in [2.75, 3.05) is 79.7 Å². The van der Waals surface area contributed by atoms with Crippen LogP contribution in [-0.4, -0.2) is 95.8 Å². The van der Waals surface area contributed by atoms with Crippen molar-refractivity contribution in [1.29, 1.82) is 0 Å². The third-order valence-electron chi connectivity index (χ3n) is 5.50. The number of carboxylic acids is 1. The molecule has 0 aliphatic heterocycles. The van der Waals surface area contributed by atoms with Crippen molar-refractivity contribution in [1.82, 2.24) is 10.3 Å². The fourth-order valence-corrected chi connectivity index (χ4v) is 3.19. The number of nitrogens with one attached hydrogen (secondary N) is 1. The molecule has 37 heavy (non-hydrogen) atoms. The van der Waals surface area contributed by atoms with E-state index in [-0.39, 0.29) is 18.8 Å². The number of aliphatic carboxylic acids is 1. The summed E-state index contributed by atoms with van der Waals surface area (Å²) in [4.78, 5) is 14.5. The van der Waals surface area contributed by atoms with Gasteiger partial charge < -0.3 is 38.8 Å². The van der Waals surface area contributed by atoms with E-state index in [1.165, 1.54) is 0 Å². The molecule has 206 valence electrons. The summed E-state index contributed by atoms with van der Waals surface area (Å²) in [5.74, 6) is -0.199. The highest BCUT2D eigenvalue weighted by molar-refractivity contribution is 5.70. The largest absolute Gasteiger partial charge is 0.491 e. The molecule has 2 N–H and O–H groups in total. The first-order valence-corrected chi connectivity index (χ1v) is 12.4. The molecule has 1 aromatic carbocycles. The Kier molecular flexibility index (Phi) is 14.7. The van der Waals surface area contributed by atoms with Crippen molar-refractivity contribution in [3.63, 3.8) is 0 Å². The van der Waals surface area contributed by atoms with E-state index in [1.54, 1.807) is 6.20 Å². The lowest BCUT2D eigenvalue weighted by atomic mass is 9.92. The first-order chi connectivity index (χ1) is 17.9. The molecule has 0 aliphatic carbocycles. The number of carbonyl (C=O) groups is 1. The number of aromatic nitrogens is 1. The molecule has 0 spiro atoms. The number of carboxylic acid groups (broad SMARTS) is 1. The van der Waals surface area contributed by atoms with Gasteiger partial charge in [-0.25, -0.2) is 4.79 Å². The van der Waals surface area contributed by atoms with Gasteiger partial charge in [0, 0.05) is 29.1 Å². The zero-order valence-electron chi connectivity index (χ0n) is 22.1. The van der Waals surface area contributed by atoms with E-state index >= 15 is 0 Å². The minimum Gasteiger partial charge on any atom is -0.491 e. The number of pyridine rings is 1. The molecule has 1 aromatic heterocycles. The van der Waals surface area contributed by atoms with E-state index in [1.807, 2.05) is 25.4 Å². The molecule has 2 rings (SSSR count). The Bertz CT molecular complexity index is 895. The first kappa shape index (κ1) is 30.6. The zero-order valence-corrected chi connectivity index (χ0v) is 22.1. The van der Waals surface area contributed by atoms with Gasteiger partial charge in [-0.05, 0) is 38.6 Å². The molecule has 0 fully saturated rings.